The van der Waals surface area contributed by atoms with Crippen LogP contribution in [0.15, 0.2) is 12.4 Å². The topological polar surface area (TPSA) is 73.6 Å². The van der Waals surface area contributed by atoms with Gasteiger partial charge in [0.05, 0.1) is 17.9 Å². The third kappa shape index (κ3) is 1.65. The molecule has 2 N–H and O–H groups in total. The molecule has 1 aromatic rings. The van der Waals surface area contributed by atoms with Gasteiger partial charge in [0.15, 0.2) is 5.69 Å². The number of rotatable bonds is 2. The molecule has 0 unspecified atom stereocenters. The highest BCUT2D eigenvalue weighted by Crippen LogP contribution is 2.15. The zero-order valence-corrected chi connectivity index (χ0v) is 7.91. The molecule has 5 nitrogen and oxygen atoms in total. The molecule has 1 fully saturated rings. The summed E-state index contributed by atoms with van der Waals surface area (Å²) in [4.78, 5) is 8.03. The van der Waals surface area contributed by atoms with E-state index in [9.17, 15) is 0 Å². The molecule has 1 aromatic heterocycles. The van der Waals surface area contributed by atoms with Crippen LogP contribution in [0.5, 0.6) is 0 Å². The van der Waals surface area contributed by atoms with Crippen LogP contribution in [0, 0.1) is 11.3 Å². The van der Waals surface area contributed by atoms with E-state index in [0.717, 1.165) is 13.1 Å². The van der Waals surface area contributed by atoms with Gasteiger partial charge < -0.3 is 10.6 Å². The van der Waals surface area contributed by atoms with Gasteiger partial charge in [0.25, 0.3) is 0 Å². The predicted molar refractivity (Wildman–Crippen MR) is 51.6 cm³/mol. The maximum absolute atomic E-state index is 8.54. The van der Waals surface area contributed by atoms with Crippen LogP contribution >= 0.6 is 0 Å². The van der Waals surface area contributed by atoms with Gasteiger partial charge in [-0.2, -0.15) is 5.26 Å². The summed E-state index contributed by atoms with van der Waals surface area (Å²) in [6.07, 6.45) is 3.06. The molecule has 5 heteroatoms. The maximum Gasteiger partial charge on any atom is 0.158 e. The minimum Gasteiger partial charge on any atom is -0.361 e. The highest BCUT2D eigenvalue weighted by atomic mass is 15.2. The van der Waals surface area contributed by atoms with Gasteiger partial charge in [-0.25, -0.2) is 9.97 Å². The second-order valence-electron chi connectivity index (χ2n) is 3.69. The Morgan fingerprint density at radius 1 is 1.50 bits per heavy atom. The number of nitrogens with zero attached hydrogens (tertiary/aromatic N) is 3. The first-order chi connectivity index (χ1) is 6.72. The maximum atomic E-state index is 8.54. The zero-order valence-electron chi connectivity index (χ0n) is 7.91. The van der Waals surface area contributed by atoms with Crippen molar-refractivity contribution in [3.63, 3.8) is 0 Å². The van der Waals surface area contributed by atoms with E-state index in [0.29, 0.717) is 11.5 Å². The van der Waals surface area contributed by atoms with Gasteiger partial charge in [0.1, 0.15) is 11.9 Å². The first kappa shape index (κ1) is 8.91. The molecule has 2 rings (SSSR count). The number of aromatic nitrogens is 2. The average Bonchev–Trinajstić information content (AvgIpc) is 2.17. The van der Waals surface area contributed by atoms with Gasteiger partial charge in [-0.1, -0.05) is 0 Å². The van der Waals surface area contributed by atoms with Crippen LogP contribution in [0.2, 0.25) is 0 Å². The van der Waals surface area contributed by atoms with Crippen LogP contribution in [0.25, 0.3) is 0 Å². The Balaban J connectivity index is 2.07. The quantitative estimate of drug-likeness (QED) is 0.691. The molecule has 1 aliphatic rings. The van der Waals surface area contributed by atoms with Crippen LogP contribution in [0.3, 0.4) is 0 Å². The standard InChI is InChI=1S/C9H11N5/c1-9(5-11-6-9)14-8-4-12-7(2-10)3-13-8/h3-4,11H,5-6H2,1H3,(H,13,14). The lowest BCUT2D eigenvalue weighted by Crippen LogP contribution is -2.62. The number of nitriles is 1. The van der Waals surface area contributed by atoms with Crippen molar-refractivity contribution in [3.05, 3.63) is 18.1 Å². The van der Waals surface area contributed by atoms with Crippen LogP contribution in [-0.2, 0) is 0 Å². The van der Waals surface area contributed by atoms with E-state index in [-0.39, 0.29) is 5.54 Å². The molecule has 14 heavy (non-hydrogen) atoms. The molecular formula is C9H11N5. The van der Waals surface area contributed by atoms with E-state index in [1.165, 1.54) is 6.20 Å². The molecule has 0 bridgehead atoms. The molecule has 0 saturated carbocycles. The molecule has 0 aliphatic carbocycles. The molecule has 0 amide bonds. The molecule has 1 aliphatic heterocycles. The van der Waals surface area contributed by atoms with E-state index in [1.54, 1.807) is 6.20 Å². The van der Waals surface area contributed by atoms with Crippen molar-refractivity contribution in [1.82, 2.24) is 15.3 Å². The Morgan fingerprint density at radius 3 is 2.71 bits per heavy atom. The van der Waals surface area contributed by atoms with Gasteiger partial charge in [-0.05, 0) is 6.92 Å². The van der Waals surface area contributed by atoms with Crippen molar-refractivity contribution in [1.29, 1.82) is 5.26 Å². The fourth-order valence-electron chi connectivity index (χ4n) is 1.35. The summed E-state index contributed by atoms with van der Waals surface area (Å²) < 4.78 is 0. The van der Waals surface area contributed by atoms with Crippen molar-refractivity contribution < 1.29 is 0 Å². The second kappa shape index (κ2) is 3.24. The third-order valence-electron chi connectivity index (χ3n) is 2.23. The predicted octanol–water partition coefficient (Wildman–Crippen LogP) is 0.122. The smallest absolute Gasteiger partial charge is 0.158 e. The normalized spacial score (nSPS) is 18.0. The molecule has 0 spiro atoms. The average molecular weight is 189 g/mol. The second-order valence-corrected chi connectivity index (χ2v) is 3.69. The summed E-state index contributed by atoms with van der Waals surface area (Å²) >= 11 is 0. The molecule has 2 heterocycles. The molecular weight excluding hydrogens is 178 g/mol. The monoisotopic (exact) mass is 189 g/mol. The molecule has 72 valence electrons. The first-order valence-corrected chi connectivity index (χ1v) is 4.43. The van der Waals surface area contributed by atoms with E-state index in [2.05, 4.69) is 27.5 Å². The Hall–Kier alpha value is -1.67. The summed E-state index contributed by atoms with van der Waals surface area (Å²) in [5.74, 6) is 0.716. The fraction of sp³-hybridized carbons (Fsp3) is 0.444. The van der Waals surface area contributed by atoms with Crippen LogP contribution in [0.4, 0.5) is 5.82 Å². The van der Waals surface area contributed by atoms with Crippen molar-refractivity contribution in [3.8, 4) is 6.07 Å². The lowest BCUT2D eigenvalue weighted by molar-refractivity contribution is 0.337. The SMILES string of the molecule is CC1(Nc2cnc(C#N)cn2)CNC1. The fourth-order valence-corrected chi connectivity index (χ4v) is 1.35. The molecule has 0 atom stereocenters. The van der Waals surface area contributed by atoms with Gasteiger partial charge in [-0.3, -0.25) is 0 Å². The Bertz CT molecular complexity index is 360. The van der Waals surface area contributed by atoms with Gasteiger partial charge in [0, 0.05) is 13.1 Å². The van der Waals surface area contributed by atoms with Crippen molar-refractivity contribution >= 4 is 5.82 Å². The largest absolute Gasteiger partial charge is 0.361 e. The Morgan fingerprint density at radius 2 is 2.29 bits per heavy atom. The number of nitrogens with one attached hydrogen (secondary N) is 2. The highest BCUT2D eigenvalue weighted by molar-refractivity contribution is 5.37. The van der Waals surface area contributed by atoms with Gasteiger partial charge in [-0.15, -0.1) is 0 Å². The number of hydrogen-bond acceptors (Lipinski definition) is 5. The minimum absolute atomic E-state index is 0.0723. The van der Waals surface area contributed by atoms with E-state index in [1.807, 2.05) is 6.07 Å². The molecule has 0 radical (unpaired) electrons. The van der Waals surface area contributed by atoms with Gasteiger partial charge >= 0.3 is 0 Å². The summed E-state index contributed by atoms with van der Waals surface area (Å²) in [7, 11) is 0. The van der Waals surface area contributed by atoms with Gasteiger partial charge in [0.2, 0.25) is 0 Å². The highest BCUT2D eigenvalue weighted by Gasteiger charge is 2.31. The lowest BCUT2D eigenvalue weighted by Gasteiger charge is -2.40. The summed E-state index contributed by atoms with van der Waals surface area (Å²) in [5.41, 5.74) is 0.412. The van der Waals surface area contributed by atoms with Crippen LogP contribution in [0.1, 0.15) is 12.6 Å². The minimum atomic E-state index is 0.0723. The van der Waals surface area contributed by atoms with E-state index in [4.69, 9.17) is 5.26 Å². The van der Waals surface area contributed by atoms with Crippen molar-refractivity contribution in [2.45, 2.75) is 12.5 Å². The number of anilines is 1. The van der Waals surface area contributed by atoms with Crippen molar-refractivity contribution in [2.75, 3.05) is 18.4 Å². The Kier molecular flexibility index (Phi) is 2.06. The zero-order chi connectivity index (χ0) is 10.0. The van der Waals surface area contributed by atoms with E-state index < -0.39 is 0 Å². The Labute approximate surface area is 82.2 Å². The van der Waals surface area contributed by atoms with Crippen LogP contribution in [-0.4, -0.2) is 28.6 Å². The summed E-state index contributed by atoms with van der Waals surface area (Å²) in [5, 5.41) is 15.0. The van der Waals surface area contributed by atoms with E-state index >= 15 is 0 Å². The first-order valence-electron chi connectivity index (χ1n) is 4.43. The number of hydrogen-bond donors (Lipinski definition) is 2. The lowest BCUT2D eigenvalue weighted by atomic mass is 9.95. The molecule has 1 saturated heterocycles. The summed E-state index contributed by atoms with van der Waals surface area (Å²) in [6, 6.07) is 1.93. The van der Waals surface area contributed by atoms with Crippen molar-refractivity contribution in [2.24, 2.45) is 0 Å². The van der Waals surface area contributed by atoms with Crippen LogP contribution < -0.4 is 10.6 Å². The summed E-state index contributed by atoms with van der Waals surface area (Å²) in [6.45, 7) is 3.97. The third-order valence-corrected chi connectivity index (χ3v) is 2.23. The molecule has 0 aromatic carbocycles.